The van der Waals surface area contributed by atoms with Crippen LogP contribution in [0.5, 0.6) is 0 Å². The highest BCUT2D eigenvalue weighted by molar-refractivity contribution is 5.92. The molecule has 0 aliphatic rings. The molecule has 162 valence electrons. The van der Waals surface area contributed by atoms with Crippen molar-refractivity contribution in [1.82, 2.24) is 16.0 Å². The van der Waals surface area contributed by atoms with Crippen molar-refractivity contribution in [1.29, 1.82) is 0 Å². The van der Waals surface area contributed by atoms with E-state index in [1.54, 1.807) is 7.05 Å². The largest absolute Gasteiger partial charge is 0.467 e. The lowest BCUT2D eigenvalue weighted by Crippen LogP contribution is -2.56. The maximum atomic E-state index is 13.0. The van der Waals surface area contributed by atoms with Gasteiger partial charge in [0.15, 0.2) is 0 Å². The number of esters is 1. The fourth-order valence-electron chi connectivity index (χ4n) is 3.19. The zero-order valence-corrected chi connectivity index (χ0v) is 18.3. The van der Waals surface area contributed by atoms with Crippen LogP contribution in [0.2, 0.25) is 0 Å². The fraction of sp³-hybridized carbons (Fsp3) is 0.591. The lowest BCUT2D eigenvalue weighted by atomic mass is 9.99. The minimum absolute atomic E-state index is 0.0728. The van der Waals surface area contributed by atoms with Crippen LogP contribution < -0.4 is 16.0 Å². The third-order valence-corrected chi connectivity index (χ3v) is 4.69. The molecule has 2 amide bonds. The zero-order chi connectivity index (χ0) is 22.0. The first-order valence-electron chi connectivity index (χ1n) is 10.1. The molecule has 0 spiro atoms. The van der Waals surface area contributed by atoms with Gasteiger partial charge in [0.1, 0.15) is 12.1 Å². The van der Waals surface area contributed by atoms with Gasteiger partial charge in [0, 0.05) is 6.42 Å². The number of nitrogens with one attached hydrogen (secondary N) is 3. The Hall–Kier alpha value is -2.41. The maximum Gasteiger partial charge on any atom is 0.328 e. The van der Waals surface area contributed by atoms with E-state index in [2.05, 4.69) is 16.0 Å². The molecule has 0 aliphatic heterocycles. The Bertz CT molecular complexity index is 661. The van der Waals surface area contributed by atoms with Crippen LogP contribution in [-0.4, -0.2) is 50.1 Å². The van der Waals surface area contributed by atoms with E-state index in [9.17, 15) is 14.4 Å². The highest BCUT2D eigenvalue weighted by atomic mass is 16.5. The van der Waals surface area contributed by atoms with Crippen molar-refractivity contribution in [3.05, 3.63) is 35.9 Å². The van der Waals surface area contributed by atoms with Crippen molar-refractivity contribution in [2.75, 3.05) is 14.2 Å². The van der Waals surface area contributed by atoms with Crippen molar-refractivity contribution in [2.45, 2.75) is 58.7 Å². The number of hydrogen-bond donors (Lipinski definition) is 3. The molecule has 0 unspecified atom stereocenters. The van der Waals surface area contributed by atoms with Crippen molar-refractivity contribution in [2.24, 2.45) is 11.8 Å². The maximum absolute atomic E-state index is 13.0. The van der Waals surface area contributed by atoms with Gasteiger partial charge in [-0.15, -0.1) is 0 Å². The normalized spacial score (nSPS) is 14.2. The highest BCUT2D eigenvalue weighted by Gasteiger charge is 2.30. The Morgan fingerprint density at radius 2 is 1.52 bits per heavy atom. The van der Waals surface area contributed by atoms with Gasteiger partial charge in [0.25, 0.3) is 0 Å². The number of ether oxygens (including phenoxy) is 1. The minimum atomic E-state index is -0.827. The molecule has 0 radical (unpaired) electrons. The summed E-state index contributed by atoms with van der Waals surface area (Å²) in [5, 5.41) is 8.59. The molecule has 7 nitrogen and oxygen atoms in total. The number of carbonyl (C=O) groups is 3. The Morgan fingerprint density at radius 1 is 0.931 bits per heavy atom. The third-order valence-electron chi connectivity index (χ3n) is 4.69. The van der Waals surface area contributed by atoms with E-state index in [1.807, 2.05) is 58.0 Å². The summed E-state index contributed by atoms with van der Waals surface area (Å²) in [7, 11) is 3.01. The predicted molar refractivity (Wildman–Crippen MR) is 113 cm³/mol. The number of likely N-dealkylation sites (N-methyl/N-ethyl adjacent to an activating group) is 1. The lowest BCUT2D eigenvalue weighted by molar-refractivity contribution is -0.145. The summed E-state index contributed by atoms with van der Waals surface area (Å²) in [6, 6.07) is 7.43. The van der Waals surface area contributed by atoms with E-state index in [4.69, 9.17) is 4.74 Å². The molecule has 3 atom stereocenters. The van der Waals surface area contributed by atoms with Crippen molar-refractivity contribution in [3.63, 3.8) is 0 Å². The number of carbonyl (C=O) groups excluding carboxylic acids is 3. The molecule has 1 aromatic carbocycles. The Balaban J connectivity index is 2.94. The first kappa shape index (κ1) is 24.6. The van der Waals surface area contributed by atoms with Crippen LogP contribution in [0.1, 0.15) is 39.7 Å². The average Bonchev–Trinajstić information content (AvgIpc) is 2.66. The molecule has 0 saturated carbocycles. The van der Waals surface area contributed by atoms with E-state index in [1.165, 1.54) is 7.11 Å². The molecule has 0 aromatic heterocycles. The summed E-state index contributed by atoms with van der Waals surface area (Å²) in [4.78, 5) is 37.8. The fourth-order valence-corrected chi connectivity index (χ4v) is 3.19. The van der Waals surface area contributed by atoms with Gasteiger partial charge in [-0.3, -0.25) is 9.59 Å². The van der Waals surface area contributed by atoms with E-state index in [0.29, 0.717) is 12.8 Å². The molecule has 29 heavy (non-hydrogen) atoms. The van der Waals surface area contributed by atoms with Crippen LogP contribution in [0.4, 0.5) is 0 Å². The number of hydrogen-bond acceptors (Lipinski definition) is 5. The van der Waals surface area contributed by atoms with Crippen LogP contribution in [0.15, 0.2) is 30.3 Å². The van der Waals surface area contributed by atoms with Gasteiger partial charge in [0.2, 0.25) is 11.8 Å². The van der Waals surface area contributed by atoms with Crippen LogP contribution in [0.3, 0.4) is 0 Å². The first-order chi connectivity index (χ1) is 13.7. The van der Waals surface area contributed by atoms with Gasteiger partial charge in [-0.05, 0) is 30.9 Å². The van der Waals surface area contributed by atoms with Crippen LogP contribution in [-0.2, 0) is 25.5 Å². The number of rotatable bonds is 11. The Kier molecular flexibility index (Phi) is 10.4. The van der Waals surface area contributed by atoms with E-state index < -0.39 is 30.0 Å². The third kappa shape index (κ3) is 8.23. The average molecular weight is 406 g/mol. The summed E-state index contributed by atoms with van der Waals surface area (Å²) >= 11 is 0. The van der Waals surface area contributed by atoms with Gasteiger partial charge in [-0.2, -0.15) is 0 Å². The number of methoxy groups -OCH3 is 1. The molecule has 1 aromatic rings. The van der Waals surface area contributed by atoms with E-state index in [-0.39, 0.29) is 17.7 Å². The molecule has 0 bridgehead atoms. The minimum Gasteiger partial charge on any atom is -0.467 e. The molecule has 0 heterocycles. The number of benzene rings is 1. The molecule has 0 fully saturated rings. The molecule has 7 heteroatoms. The summed E-state index contributed by atoms with van der Waals surface area (Å²) < 4.78 is 4.86. The summed E-state index contributed by atoms with van der Waals surface area (Å²) in [6.07, 6.45) is 0.776. The lowest BCUT2D eigenvalue weighted by Gasteiger charge is -2.26. The molecule has 1 rings (SSSR count). The topological polar surface area (TPSA) is 96.5 Å². The monoisotopic (exact) mass is 405 g/mol. The number of amides is 2. The second kappa shape index (κ2) is 12.2. The van der Waals surface area contributed by atoms with Gasteiger partial charge in [-0.1, -0.05) is 58.0 Å². The smallest absolute Gasteiger partial charge is 0.328 e. The van der Waals surface area contributed by atoms with Crippen LogP contribution in [0, 0.1) is 11.8 Å². The second-order valence-electron chi connectivity index (χ2n) is 7.98. The van der Waals surface area contributed by atoms with Crippen molar-refractivity contribution in [3.8, 4) is 0 Å². The second-order valence-corrected chi connectivity index (χ2v) is 7.98. The first-order valence-corrected chi connectivity index (χ1v) is 10.1. The SMILES string of the molecule is CN[C@H](C(=O)N[C@@H](CC(C)C)C(=O)N[C@@H](Cc1ccccc1)C(=O)OC)C(C)C. The summed E-state index contributed by atoms with van der Waals surface area (Å²) in [5.74, 6) is -0.891. The van der Waals surface area contributed by atoms with Crippen molar-refractivity contribution < 1.29 is 19.1 Å². The summed E-state index contributed by atoms with van der Waals surface area (Å²) in [5.41, 5.74) is 0.905. The highest BCUT2D eigenvalue weighted by Crippen LogP contribution is 2.10. The van der Waals surface area contributed by atoms with Gasteiger partial charge in [0.05, 0.1) is 13.2 Å². The summed E-state index contributed by atoms with van der Waals surface area (Å²) in [6.45, 7) is 7.83. The molecule has 0 aliphatic carbocycles. The Labute approximate surface area is 174 Å². The zero-order valence-electron chi connectivity index (χ0n) is 18.3. The molecular weight excluding hydrogens is 370 g/mol. The Morgan fingerprint density at radius 3 is 2.00 bits per heavy atom. The van der Waals surface area contributed by atoms with Gasteiger partial charge < -0.3 is 20.7 Å². The van der Waals surface area contributed by atoms with Gasteiger partial charge >= 0.3 is 5.97 Å². The van der Waals surface area contributed by atoms with Crippen LogP contribution >= 0.6 is 0 Å². The molecular formula is C22H35N3O4. The van der Waals surface area contributed by atoms with Crippen LogP contribution in [0.25, 0.3) is 0 Å². The molecule has 0 saturated heterocycles. The molecule has 3 N–H and O–H groups in total. The van der Waals surface area contributed by atoms with E-state index in [0.717, 1.165) is 5.56 Å². The van der Waals surface area contributed by atoms with E-state index >= 15 is 0 Å². The van der Waals surface area contributed by atoms with Crippen molar-refractivity contribution >= 4 is 17.8 Å². The quantitative estimate of drug-likeness (QED) is 0.487. The standard InChI is InChI=1S/C22H35N3O4/c1-14(2)12-17(24-21(27)19(23-5)15(3)4)20(26)25-18(22(28)29-6)13-16-10-8-7-9-11-16/h7-11,14-15,17-19,23H,12-13H2,1-6H3,(H,24,27)(H,25,26)/t17-,18-,19-/m0/s1. The van der Waals surface area contributed by atoms with Gasteiger partial charge in [-0.25, -0.2) is 4.79 Å². The predicted octanol–water partition coefficient (Wildman–Crippen LogP) is 1.66.